The third-order valence-electron chi connectivity index (χ3n) is 2.94. The lowest BCUT2D eigenvalue weighted by atomic mass is 10.0. The molecule has 3 N–H and O–H groups in total. The molecule has 0 radical (unpaired) electrons. The van der Waals surface area contributed by atoms with E-state index in [9.17, 15) is 19.5 Å². The number of carbonyl (C=O) groups excluding carboxylic acids is 2. The zero-order chi connectivity index (χ0) is 15.4. The summed E-state index contributed by atoms with van der Waals surface area (Å²) in [6.07, 6.45) is 0. The van der Waals surface area contributed by atoms with Gasteiger partial charge in [-0.2, -0.15) is 0 Å². The van der Waals surface area contributed by atoms with Crippen molar-refractivity contribution < 1.29 is 19.5 Å². The van der Waals surface area contributed by atoms with Crippen LogP contribution >= 0.6 is 0 Å². The van der Waals surface area contributed by atoms with Gasteiger partial charge in [0.1, 0.15) is 12.1 Å². The van der Waals surface area contributed by atoms with E-state index in [1.807, 2.05) is 0 Å². The maximum atomic E-state index is 12.4. The molecule has 0 aromatic carbocycles. The molecular formula is C12H23N3O4. The van der Waals surface area contributed by atoms with Gasteiger partial charge in [0.15, 0.2) is 0 Å². The minimum atomic E-state index is -1.35. The van der Waals surface area contributed by atoms with E-state index < -0.39 is 23.4 Å². The predicted octanol–water partition coefficient (Wildman–Crippen LogP) is 0.487. The minimum absolute atomic E-state index is 0.222. The topological polar surface area (TPSA) is 104 Å². The van der Waals surface area contributed by atoms with Crippen LogP contribution in [0.15, 0.2) is 0 Å². The molecule has 7 heteroatoms. The van der Waals surface area contributed by atoms with Crippen molar-refractivity contribution in [3.8, 4) is 0 Å². The van der Waals surface area contributed by atoms with Crippen molar-refractivity contribution in [1.82, 2.24) is 9.80 Å². The Labute approximate surface area is 113 Å². The first-order chi connectivity index (χ1) is 8.55. The number of primary amides is 1. The highest BCUT2D eigenvalue weighted by molar-refractivity contribution is 5.88. The highest BCUT2D eigenvalue weighted by atomic mass is 16.4. The van der Waals surface area contributed by atoms with Gasteiger partial charge in [0, 0.05) is 12.6 Å². The first-order valence-electron chi connectivity index (χ1n) is 6.15. The van der Waals surface area contributed by atoms with Crippen molar-refractivity contribution in [1.29, 1.82) is 0 Å². The van der Waals surface area contributed by atoms with Crippen LogP contribution in [0, 0.1) is 0 Å². The summed E-state index contributed by atoms with van der Waals surface area (Å²) < 4.78 is 0. The van der Waals surface area contributed by atoms with Gasteiger partial charge >= 0.3 is 12.0 Å². The maximum absolute atomic E-state index is 12.4. The van der Waals surface area contributed by atoms with Gasteiger partial charge in [0.2, 0.25) is 5.91 Å². The Morgan fingerprint density at radius 2 is 1.74 bits per heavy atom. The minimum Gasteiger partial charge on any atom is -0.480 e. The van der Waals surface area contributed by atoms with Crippen LogP contribution in [0.5, 0.6) is 0 Å². The van der Waals surface area contributed by atoms with Crippen LogP contribution < -0.4 is 5.73 Å². The summed E-state index contributed by atoms with van der Waals surface area (Å²) in [4.78, 5) is 37.1. The summed E-state index contributed by atoms with van der Waals surface area (Å²) in [5.74, 6) is -1.74. The summed E-state index contributed by atoms with van der Waals surface area (Å²) in [7, 11) is 0. The van der Waals surface area contributed by atoms with Gasteiger partial charge in [-0.3, -0.25) is 4.79 Å². The Balaban J connectivity index is 5.30. The average molecular weight is 273 g/mol. The third-order valence-corrected chi connectivity index (χ3v) is 2.94. The van der Waals surface area contributed by atoms with Crippen molar-refractivity contribution >= 4 is 17.9 Å². The molecule has 0 aromatic heterocycles. The number of carboxylic acids is 1. The lowest BCUT2D eigenvalue weighted by Gasteiger charge is -2.39. The number of nitrogens with two attached hydrogens (primary N) is 1. The molecule has 0 saturated carbocycles. The van der Waals surface area contributed by atoms with Gasteiger partial charge < -0.3 is 20.6 Å². The molecule has 0 unspecified atom stereocenters. The first-order valence-corrected chi connectivity index (χ1v) is 6.15. The van der Waals surface area contributed by atoms with Gasteiger partial charge in [-0.15, -0.1) is 0 Å². The standard InChI is InChI=1S/C12H23N3O4/c1-6-15(12(4,5)10(17)18)11(19)14(8(2)3)7-9(13)16/h8H,6-7H2,1-5H3,(H2,13,16)(H,17,18). The Morgan fingerprint density at radius 3 is 2.00 bits per heavy atom. The highest BCUT2D eigenvalue weighted by Crippen LogP contribution is 2.18. The fraction of sp³-hybridized carbons (Fsp3) is 0.750. The molecule has 0 bridgehead atoms. The lowest BCUT2D eigenvalue weighted by molar-refractivity contribution is -0.147. The summed E-state index contributed by atoms with van der Waals surface area (Å²) in [6, 6.07) is -0.762. The number of carboxylic acid groups (broad SMARTS) is 1. The van der Waals surface area contributed by atoms with E-state index in [0.29, 0.717) is 0 Å². The smallest absolute Gasteiger partial charge is 0.329 e. The lowest BCUT2D eigenvalue weighted by Crippen LogP contribution is -2.59. The molecule has 0 aromatic rings. The molecule has 0 aliphatic carbocycles. The van der Waals surface area contributed by atoms with Crippen molar-refractivity contribution in [3.63, 3.8) is 0 Å². The molecule has 7 nitrogen and oxygen atoms in total. The Bertz CT molecular complexity index is 366. The van der Waals surface area contributed by atoms with Crippen LogP contribution in [0.3, 0.4) is 0 Å². The van der Waals surface area contributed by atoms with E-state index in [1.165, 1.54) is 23.6 Å². The Hall–Kier alpha value is -1.79. The molecule has 0 heterocycles. The Morgan fingerprint density at radius 1 is 1.26 bits per heavy atom. The normalized spacial score (nSPS) is 11.3. The number of likely N-dealkylation sites (N-methyl/N-ethyl adjacent to an activating group) is 1. The first kappa shape index (κ1) is 17.2. The summed E-state index contributed by atoms with van der Waals surface area (Å²) in [6.45, 7) is 8.04. The second-order valence-corrected chi connectivity index (χ2v) is 5.08. The molecule has 19 heavy (non-hydrogen) atoms. The largest absolute Gasteiger partial charge is 0.480 e. The summed E-state index contributed by atoms with van der Waals surface area (Å²) >= 11 is 0. The van der Waals surface area contributed by atoms with Gasteiger partial charge in [0.05, 0.1) is 0 Å². The maximum Gasteiger partial charge on any atom is 0.329 e. The number of amides is 3. The number of rotatable bonds is 6. The average Bonchev–Trinajstić information content (AvgIpc) is 2.25. The quantitative estimate of drug-likeness (QED) is 0.734. The second kappa shape index (κ2) is 6.40. The molecule has 0 aliphatic rings. The van der Waals surface area contributed by atoms with Crippen LogP contribution in [0.2, 0.25) is 0 Å². The highest BCUT2D eigenvalue weighted by Gasteiger charge is 2.39. The van der Waals surface area contributed by atoms with Gasteiger partial charge in [-0.25, -0.2) is 9.59 Å². The van der Waals surface area contributed by atoms with Gasteiger partial charge in [-0.1, -0.05) is 0 Å². The zero-order valence-electron chi connectivity index (χ0n) is 12.1. The van der Waals surface area contributed by atoms with E-state index >= 15 is 0 Å². The molecule has 0 rings (SSSR count). The summed E-state index contributed by atoms with van der Waals surface area (Å²) in [5.41, 5.74) is 3.76. The van der Waals surface area contributed by atoms with Crippen LogP contribution in [-0.4, -0.2) is 57.5 Å². The number of urea groups is 1. The molecule has 3 amide bonds. The van der Waals surface area contributed by atoms with Crippen LogP contribution in [0.25, 0.3) is 0 Å². The molecule has 0 aliphatic heterocycles. The van der Waals surface area contributed by atoms with Crippen molar-refractivity contribution in [2.75, 3.05) is 13.1 Å². The molecule has 0 fully saturated rings. The monoisotopic (exact) mass is 273 g/mol. The molecule has 110 valence electrons. The van der Waals surface area contributed by atoms with Gasteiger partial charge in [-0.05, 0) is 34.6 Å². The van der Waals surface area contributed by atoms with Crippen LogP contribution in [0.1, 0.15) is 34.6 Å². The number of nitrogens with zero attached hydrogens (tertiary/aromatic N) is 2. The van der Waals surface area contributed by atoms with E-state index in [2.05, 4.69) is 0 Å². The number of aliphatic carboxylic acids is 1. The van der Waals surface area contributed by atoms with Crippen LogP contribution in [-0.2, 0) is 9.59 Å². The third kappa shape index (κ3) is 4.11. The second-order valence-electron chi connectivity index (χ2n) is 5.08. The van der Waals surface area contributed by atoms with Crippen molar-refractivity contribution in [3.05, 3.63) is 0 Å². The van der Waals surface area contributed by atoms with Crippen molar-refractivity contribution in [2.24, 2.45) is 5.73 Å². The molecule has 0 spiro atoms. The Kier molecular flexibility index (Phi) is 5.80. The fourth-order valence-corrected chi connectivity index (χ4v) is 1.68. The van der Waals surface area contributed by atoms with E-state index in [-0.39, 0.29) is 19.1 Å². The molecule has 0 atom stereocenters. The SMILES string of the molecule is CCN(C(=O)N(CC(N)=O)C(C)C)C(C)(C)C(=O)O. The van der Waals surface area contributed by atoms with Crippen LogP contribution in [0.4, 0.5) is 4.79 Å². The van der Waals surface area contributed by atoms with E-state index in [4.69, 9.17) is 5.73 Å². The number of carbonyl (C=O) groups is 3. The number of hydrogen-bond acceptors (Lipinski definition) is 3. The summed E-state index contributed by atoms with van der Waals surface area (Å²) in [5, 5.41) is 9.19. The molecule has 0 saturated heterocycles. The fourth-order valence-electron chi connectivity index (χ4n) is 1.68. The van der Waals surface area contributed by atoms with Gasteiger partial charge in [0.25, 0.3) is 0 Å². The molecular weight excluding hydrogens is 250 g/mol. The van der Waals surface area contributed by atoms with E-state index in [0.717, 1.165) is 0 Å². The zero-order valence-corrected chi connectivity index (χ0v) is 12.1. The predicted molar refractivity (Wildman–Crippen MR) is 70.5 cm³/mol. The van der Waals surface area contributed by atoms with Crippen molar-refractivity contribution in [2.45, 2.75) is 46.2 Å². The number of hydrogen-bond donors (Lipinski definition) is 2. The van der Waals surface area contributed by atoms with E-state index in [1.54, 1.807) is 20.8 Å².